The zero-order chi connectivity index (χ0) is 9.19. The highest BCUT2D eigenvalue weighted by molar-refractivity contribution is 6.66. The summed E-state index contributed by atoms with van der Waals surface area (Å²) < 4.78 is 3.52. The van der Waals surface area contributed by atoms with Crippen molar-refractivity contribution in [3.8, 4) is 5.75 Å². The van der Waals surface area contributed by atoms with Crippen molar-refractivity contribution in [2.45, 2.75) is 3.79 Å². The molecular weight excluding hydrogens is 218 g/mol. The van der Waals surface area contributed by atoms with Crippen molar-refractivity contribution in [3.05, 3.63) is 29.8 Å². The molecule has 0 heterocycles. The largest absolute Gasteiger partial charge is 0.496 e. The van der Waals surface area contributed by atoms with E-state index in [1.807, 2.05) is 0 Å². The van der Waals surface area contributed by atoms with Crippen molar-refractivity contribution in [3.63, 3.8) is 0 Å². The summed E-state index contributed by atoms with van der Waals surface area (Å²) in [6, 6.07) is 7.79. The molecule has 0 saturated carbocycles. The maximum Gasteiger partial charge on any atom is 0.216 e. The molecule has 0 fully saturated rings. The molecule has 0 aliphatic heterocycles. The first-order chi connectivity index (χ1) is 5.54. The lowest BCUT2D eigenvalue weighted by Gasteiger charge is -2.11. The second kappa shape index (κ2) is 3.73. The van der Waals surface area contributed by atoms with Crippen molar-refractivity contribution in [1.29, 1.82) is 0 Å². The van der Waals surface area contributed by atoms with E-state index in [-0.39, 0.29) is 0 Å². The van der Waals surface area contributed by atoms with Gasteiger partial charge in [0.1, 0.15) is 5.75 Å². The standard InChI is InChI=1S/C8H6Cl3O/c1-12-7-4-2-3-6(5-7)8(9,10)11/h2-3,5H,1H3. The molecule has 0 aliphatic carbocycles. The monoisotopic (exact) mass is 223 g/mol. The Kier molecular flexibility index (Phi) is 3.10. The molecule has 1 aromatic rings. The van der Waals surface area contributed by atoms with Crippen LogP contribution in [0.1, 0.15) is 5.56 Å². The van der Waals surface area contributed by atoms with Crippen LogP contribution in [0, 0.1) is 6.07 Å². The molecule has 1 nitrogen and oxygen atoms in total. The summed E-state index contributed by atoms with van der Waals surface area (Å²) in [4.78, 5) is 0. The third-order valence-electron chi connectivity index (χ3n) is 1.32. The number of alkyl halides is 3. The maximum atomic E-state index is 5.65. The fourth-order valence-corrected chi connectivity index (χ4v) is 1.09. The molecule has 0 amide bonds. The lowest BCUT2D eigenvalue weighted by Crippen LogP contribution is -1.99. The molecule has 0 N–H and O–H groups in total. The van der Waals surface area contributed by atoms with Gasteiger partial charge in [-0.3, -0.25) is 0 Å². The van der Waals surface area contributed by atoms with Crippen LogP contribution in [0.2, 0.25) is 0 Å². The van der Waals surface area contributed by atoms with E-state index in [1.54, 1.807) is 18.2 Å². The Hall–Kier alpha value is -0.110. The Bertz CT molecular complexity index is 267. The Morgan fingerprint density at radius 3 is 2.58 bits per heavy atom. The van der Waals surface area contributed by atoms with Crippen LogP contribution in [0.3, 0.4) is 0 Å². The van der Waals surface area contributed by atoms with Crippen molar-refractivity contribution in [1.82, 2.24) is 0 Å². The summed E-state index contributed by atoms with van der Waals surface area (Å²) in [7, 11) is 1.54. The summed E-state index contributed by atoms with van der Waals surface area (Å²) in [5.74, 6) is 0.554. The van der Waals surface area contributed by atoms with Gasteiger partial charge in [0.05, 0.1) is 7.11 Å². The van der Waals surface area contributed by atoms with E-state index in [1.165, 1.54) is 7.11 Å². The van der Waals surface area contributed by atoms with E-state index < -0.39 is 3.79 Å². The van der Waals surface area contributed by atoms with Crippen LogP contribution in [0.5, 0.6) is 5.75 Å². The van der Waals surface area contributed by atoms with Gasteiger partial charge in [-0.15, -0.1) is 0 Å². The predicted molar refractivity (Wildman–Crippen MR) is 51.1 cm³/mol. The molecule has 0 spiro atoms. The molecule has 0 aromatic heterocycles. The Morgan fingerprint density at radius 2 is 2.08 bits per heavy atom. The van der Waals surface area contributed by atoms with E-state index in [9.17, 15) is 0 Å². The van der Waals surface area contributed by atoms with Gasteiger partial charge >= 0.3 is 0 Å². The van der Waals surface area contributed by atoms with E-state index >= 15 is 0 Å². The summed E-state index contributed by atoms with van der Waals surface area (Å²) in [5, 5.41) is 0. The number of benzene rings is 1. The minimum atomic E-state index is -1.40. The van der Waals surface area contributed by atoms with E-state index in [2.05, 4.69) is 6.07 Å². The molecule has 0 atom stereocenters. The van der Waals surface area contributed by atoms with E-state index in [0.29, 0.717) is 11.3 Å². The Labute approximate surface area is 86.2 Å². The van der Waals surface area contributed by atoms with Crippen molar-refractivity contribution < 1.29 is 4.74 Å². The van der Waals surface area contributed by atoms with Gasteiger partial charge in [-0.1, -0.05) is 46.9 Å². The molecule has 1 rings (SSSR count). The molecule has 1 aromatic carbocycles. The topological polar surface area (TPSA) is 9.23 Å². The highest BCUT2D eigenvalue weighted by Gasteiger charge is 2.22. The first-order valence-corrected chi connectivity index (χ1v) is 4.30. The first kappa shape index (κ1) is 9.97. The van der Waals surface area contributed by atoms with Gasteiger partial charge in [0.15, 0.2) is 0 Å². The zero-order valence-corrected chi connectivity index (χ0v) is 8.54. The SMILES string of the molecule is COc1[c]ccc(C(Cl)(Cl)Cl)c1. The van der Waals surface area contributed by atoms with Crippen LogP contribution in [-0.2, 0) is 3.79 Å². The van der Waals surface area contributed by atoms with Crippen LogP contribution in [-0.4, -0.2) is 7.11 Å². The van der Waals surface area contributed by atoms with Crippen LogP contribution >= 0.6 is 34.8 Å². The van der Waals surface area contributed by atoms with Crippen LogP contribution < -0.4 is 4.74 Å². The summed E-state index contributed by atoms with van der Waals surface area (Å²) in [6.07, 6.45) is 0. The number of rotatable bonds is 1. The van der Waals surface area contributed by atoms with Gasteiger partial charge in [0.25, 0.3) is 0 Å². The average Bonchev–Trinajstić information content (AvgIpc) is 2.03. The zero-order valence-electron chi connectivity index (χ0n) is 6.27. The quantitative estimate of drug-likeness (QED) is 0.665. The third kappa shape index (κ3) is 2.44. The van der Waals surface area contributed by atoms with Gasteiger partial charge in [-0.25, -0.2) is 0 Å². The smallest absolute Gasteiger partial charge is 0.216 e. The number of ether oxygens (including phenoxy) is 1. The Morgan fingerprint density at radius 1 is 1.42 bits per heavy atom. The molecule has 4 heteroatoms. The maximum absolute atomic E-state index is 5.65. The number of hydrogen-bond acceptors (Lipinski definition) is 1. The summed E-state index contributed by atoms with van der Waals surface area (Å²) >= 11 is 16.9. The van der Waals surface area contributed by atoms with Gasteiger partial charge in [0, 0.05) is 11.6 Å². The van der Waals surface area contributed by atoms with Gasteiger partial charge in [-0.2, -0.15) is 0 Å². The normalized spacial score (nSPS) is 11.3. The van der Waals surface area contributed by atoms with Gasteiger partial charge in [-0.05, 0) is 6.07 Å². The Balaban J connectivity index is 3.02. The molecule has 1 radical (unpaired) electrons. The predicted octanol–water partition coefficient (Wildman–Crippen LogP) is 3.32. The van der Waals surface area contributed by atoms with Crippen LogP contribution in [0.15, 0.2) is 18.2 Å². The first-order valence-electron chi connectivity index (χ1n) is 3.17. The van der Waals surface area contributed by atoms with Crippen molar-refractivity contribution >= 4 is 34.8 Å². The molecule has 65 valence electrons. The highest BCUT2D eigenvalue weighted by Crippen LogP contribution is 2.38. The molecule has 0 bridgehead atoms. The summed E-state index contributed by atoms with van der Waals surface area (Å²) in [6.45, 7) is 0. The molecule has 0 saturated heterocycles. The fourth-order valence-electron chi connectivity index (χ4n) is 0.739. The number of hydrogen-bond donors (Lipinski definition) is 0. The minimum absolute atomic E-state index is 0.554. The lowest BCUT2D eigenvalue weighted by molar-refractivity contribution is 0.413. The average molecular weight is 224 g/mol. The number of halogens is 3. The second-order valence-electron chi connectivity index (χ2n) is 2.14. The van der Waals surface area contributed by atoms with Gasteiger partial charge < -0.3 is 4.74 Å². The molecule has 12 heavy (non-hydrogen) atoms. The van der Waals surface area contributed by atoms with Crippen LogP contribution in [0.4, 0.5) is 0 Å². The molecule has 0 unspecified atom stereocenters. The molecular formula is C8H6Cl3O. The minimum Gasteiger partial charge on any atom is -0.496 e. The van der Waals surface area contributed by atoms with Crippen molar-refractivity contribution in [2.24, 2.45) is 0 Å². The van der Waals surface area contributed by atoms with Crippen LogP contribution in [0.25, 0.3) is 0 Å². The highest BCUT2D eigenvalue weighted by atomic mass is 35.6. The summed E-state index contributed by atoms with van der Waals surface area (Å²) in [5.41, 5.74) is 0.572. The molecule has 0 aliphatic rings. The fraction of sp³-hybridized carbons (Fsp3) is 0.250. The van der Waals surface area contributed by atoms with Gasteiger partial charge in [0.2, 0.25) is 3.79 Å². The van der Waals surface area contributed by atoms with E-state index in [0.717, 1.165) is 0 Å². The lowest BCUT2D eigenvalue weighted by atomic mass is 10.2. The third-order valence-corrected chi connectivity index (χ3v) is 1.98. The van der Waals surface area contributed by atoms with E-state index in [4.69, 9.17) is 39.5 Å². The second-order valence-corrected chi connectivity index (χ2v) is 4.42. The number of methoxy groups -OCH3 is 1. The van der Waals surface area contributed by atoms with Crippen molar-refractivity contribution in [2.75, 3.05) is 7.11 Å².